The predicted octanol–water partition coefficient (Wildman–Crippen LogP) is 13.7. The Labute approximate surface area is 340 Å². The molecule has 0 bridgehead atoms. The van der Waals surface area contributed by atoms with Gasteiger partial charge in [-0.05, 0) is 86.1 Å². The van der Waals surface area contributed by atoms with Gasteiger partial charge in [-0.2, -0.15) is 0 Å². The van der Waals surface area contributed by atoms with Gasteiger partial charge in [-0.3, -0.25) is 4.98 Å². The number of hydrogen-bond acceptors (Lipinski definition) is 4. The van der Waals surface area contributed by atoms with Gasteiger partial charge in [0.15, 0.2) is 5.82 Å². The van der Waals surface area contributed by atoms with Crippen LogP contribution in [0.3, 0.4) is 0 Å². The maximum absolute atomic E-state index is 5.41. The van der Waals surface area contributed by atoms with Gasteiger partial charge in [0.1, 0.15) is 0 Å². The van der Waals surface area contributed by atoms with Gasteiger partial charge in [0.25, 0.3) is 0 Å². The van der Waals surface area contributed by atoms with E-state index in [1.165, 1.54) is 53.9 Å². The third-order valence-corrected chi connectivity index (χ3v) is 13.2. The third kappa shape index (κ3) is 4.92. The Morgan fingerprint density at radius 2 is 0.983 bits per heavy atom. The maximum Gasteiger partial charge on any atom is 0.160 e. The number of aromatic nitrogens is 3. The van der Waals surface area contributed by atoms with Crippen LogP contribution in [0.4, 0.5) is 0 Å². The van der Waals surface area contributed by atoms with Crippen molar-refractivity contribution < 1.29 is 0 Å². The Balaban J connectivity index is 1.13. The van der Waals surface area contributed by atoms with E-state index in [1.54, 1.807) is 0 Å². The standard InChI is InChI=1S/C54H33N3S/c1-2-14-35(15-3-1)48-33-49(43-21-10-16-34-13-4-5-19-39(34)43)57-53(56-48)38-27-29-42-41-28-26-37(40-20-11-17-36-18-12-30-55-52(36)40)31-46(41)54(47(42)32-38)44-22-6-8-24-50(44)58-51-25-9-7-23-45(51)54/h1-33H. The van der Waals surface area contributed by atoms with E-state index in [-0.39, 0.29) is 0 Å². The zero-order valence-corrected chi connectivity index (χ0v) is 32.1. The highest BCUT2D eigenvalue weighted by molar-refractivity contribution is 7.99. The molecule has 0 saturated carbocycles. The Kier molecular flexibility index (Phi) is 7.38. The molecule has 3 nitrogen and oxygen atoms in total. The lowest BCUT2D eigenvalue weighted by molar-refractivity contribution is 0.723. The quantitative estimate of drug-likeness (QED) is 0.179. The predicted molar refractivity (Wildman–Crippen MR) is 238 cm³/mol. The molecule has 12 rings (SSSR count). The highest BCUT2D eigenvalue weighted by Crippen LogP contribution is 2.63. The minimum Gasteiger partial charge on any atom is -0.256 e. The van der Waals surface area contributed by atoms with Crippen LogP contribution in [-0.4, -0.2) is 15.0 Å². The number of nitrogens with zero attached hydrogens (tertiary/aromatic N) is 3. The lowest BCUT2D eigenvalue weighted by Crippen LogP contribution is -2.32. The van der Waals surface area contributed by atoms with Crippen molar-refractivity contribution in [1.82, 2.24) is 15.0 Å². The average molecular weight is 756 g/mol. The molecule has 10 aromatic rings. The van der Waals surface area contributed by atoms with Crippen molar-refractivity contribution in [3.8, 4) is 56.2 Å². The number of para-hydroxylation sites is 1. The van der Waals surface area contributed by atoms with Crippen LogP contribution in [0.25, 0.3) is 77.8 Å². The van der Waals surface area contributed by atoms with Crippen LogP contribution >= 0.6 is 11.8 Å². The second-order valence-corrected chi connectivity index (χ2v) is 16.2. The topological polar surface area (TPSA) is 38.7 Å². The minimum atomic E-state index is -0.581. The molecule has 2 aliphatic rings. The number of fused-ring (bicyclic) bond motifs is 11. The van der Waals surface area contributed by atoms with Crippen molar-refractivity contribution in [1.29, 1.82) is 0 Å². The van der Waals surface area contributed by atoms with E-state index in [2.05, 4.69) is 188 Å². The largest absolute Gasteiger partial charge is 0.256 e. The first-order valence-corrected chi connectivity index (χ1v) is 20.5. The second kappa shape index (κ2) is 13.0. The van der Waals surface area contributed by atoms with Crippen molar-refractivity contribution >= 4 is 33.4 Å². The molecule has 2 aromatic heterocycles. The average Bonchev–Trinajstić information content (AvgIpc) is 3.58. The molecule has 270 valence electrons. The molecule has 0 atom stereocenters. The van der Waals surface area contributed by atoms with Gasteiger partial charge < -0.3 is 0 Å². The highest BCUT2D eigenvalue weighted by atomic mass is 32.2. The summed E-state index contributed by atoms with van der Waals surface area (Å²) in [6.45, 7) is 0. The van der Waals surface area contributed by atoms with Crippen molar-refractivity contribution in [2.45, 2.75) is 15.2 Å². The fourth-order valence-corrected chi connectivity index (χ4v) is 10.7. The van der Waals surface area contributed by atoms with Gasteiger partial charge in [0, 0.05) is 43.6 Å². The zero-order valence-electron chi connectivity index (χ0n) is 31.3. The number of pyridine rings is 1. The molecule has 3 heterocycles. The van der Waals surface area contributed by atoms with E-state index in [4.69, 9.17) is 15.0 Å². The van der Waals surface area contributed by atoms with Gasteiger partial charge in [0.2, 0.25) is 0 Å². The fraction of sp³-hybridized carbons (Fsp3) is 0.0185. The van der Waals surface area contributed by atoms with Crippen molar-refractivity contribution in [3.63, 3.8) is 0 Å². The van der Waals surface area contributed by atoms with Gasteiger partial charge in [-0.25, -0.2) is 9.97 Å². The summed E-state index contributed by atoms with van der Waals surface area (Å²) < 4.78 is 0. The molecule has 0 unspecified atom stereocenters. The molecule has 0 radical (unpaired) electrons. The third-order valence-electron chi connectivity index (χ3n) is 12.0. The van der Waals surface area contributed by atoms with E-state index in [0.29, 0.717) is 5.82 Å². The molecule has 0 amide bonds. The first-order valence-electron chi connectivity index (χ1n) is 19.7. The summed E-state index contributed by atoms with van der Waals surface area (Å²) in [5.41, 5.74) is 15.2. The first kappa shape index (κ1) is 33.0. The maximum atomic E-state index is 5.41. The van der Waals surface area contributed by atoms with Crippen LogP contribution in [0, 0.1) is 0 Å². The van der Waals surface area contributed by atoms with Crippen molar-refractivity contribution in [3.05, 3.63) is 223 Å². The van der Waals surface area contributed by atoms with Crippen LogP contribution in [0.15, 0.2) is 210 Å². The summed E-state index contributed by atoms with van der Waals surface area (Å²) in [5, 5.41) is 3.49. The summed E-state index contributed by atoms with van der Waals surface area (Å²) in [4.78, 5) is 18.1. The van der Waals surface area contributed by atoms with E-state index >= 15 is 0 Å². The summed E-state index contributed by atoms with van der Waals surface area (Å²) in [5.74, 6) is 0.701. The fourth-order valence-electron chi connectivity index (χ4n) is 9.46. The minimum absolute atomic E-state index is 0.581. The molecular weight excluding hydrogens is 723 g/mol. The molecule has 0 fully saturated rings. The van der Waals surface area contributed by atoms with Crippen LogP contribution in [0.2, 0.25) is 0 Å². The number of benzene rings is 8. The molecule has 1 aliphatic carbocycles. The lowest BCUT2D eigenvalue weighted by Gasteiger charge is -2.39. The molecule has 1 spiro atoms. The van der Waals surface area contributed by atoms with Gasteiger partial charge in [-0.1, -0.05) is 169 Å². The second-order valence-electron chi connectivity index (χ2n) is 15.1. The number of rotatable bonds is 4. The van der Waals surface area contributed by atoms with Gasteiger partial charge >= 0.3 is 0 Å². The molecule has 0 saturated heterocycles. The Morgan fingerprint density at radius 1 is 0.379 bits per heavy atom. The molecule has 1 aliphatic heterocycles. The van der Waals surface area contributed by atoms with Crippen molar-refractivity contribution in [2.24, 2.45) is 0 Å². The lowest BCUT2D eigenvalue weighted by atomic mass is 9.67. The molecule has 58 heavy (non-hydrogen) atoms. The Bertz CT molecular complexity index is 3220. The summed E-state index contributed by atoms with van der Waals surface area (Å²) >= 11 is 1.86. The first-order chi connectivity index (χ1) is 28.7. The molecule has 8 aromatic carbocycles. The van der Waals surface area contributed by atoms with Gasteiger partial charge in [0.05, 0.1) is 22.3 Å². The van der Waals surface area contributed by atoms with Crippen LogP contribution in [0.5, 0.6) is 0 Å². The van der Waals surface area contributed by atoms with E-state index < -0.39 is 5.41 Å². The smallest absolute Gasteiger partial charge is 0.160 e. The SMILES string of the molecule is c1ccc(-c2cc(-c3cccc4ccccc34)nc(-c3ccc4c(c3)C3(c5ccccc5Sc5ccccc53)c3cc(-c5cccc6cccnc56)ccc3-4)n2)cc1. The zero-order chi connectivity index (χ0) is 38.2. The normalized spacial score (nSPS) is 13.2. The number of hydrogen-bond donors (Lipinski definition) is 0. The molecular formula is C54H33N3S. The summed E-state index contributed by atoms with van der Waals surface area (Å²) in [7, 11) is 0. The van der Waals surface area contributed by atoms with E-state index in [9.17, 15) is 0 Å². The highest BCUT2D eigenvalue weighted by Gasteiger charge is 2.50. The van der Waals surface area contributed by atoms with Crippen LogP contribution in [0.1, 0.15) is 22.3 Å². The van der Waals surface area contributed by atoms with Crippen LogP contribution < -0.4 is 0 Å². The Hall–Kier alpha value is -7.14. The Morgan fingerprint density at radius 3 is 1.78 bits per heavy atom. The van der Waals surface area contributed by atoms with E-state index in [0.717, 1.165) is 50.1 Å². The van der Waals surface area contributed by atoms with Crippen LogP contribution in [-0.2, 0) is 5.41 Å². The monoisotopic (exact) mass is 755 g/mol. The van der Waals surface area contributed by atoms with Gasteiger partial charge in [-0.15, -0.1) is 0 Å². The summed E-state index contributed by atoms with van der Waals surface area (Å²) in [6, 6.07) is 70.1. The van der Waals surface area contributed by atoms with Crippen molar-refractivity contribution in [2.75, 3.05) is 0 Å². The molecule has 4 heteroatoms. The summed E-state index contributed by atoms with van der Waals surface area (Å²) in [6.07, 6.45) is 1.89. The van der Waals surface area contributed by atoms with E-state index in [1.807, 2.05) is 24.0 Å². The molecule has 0 N–H and O–H groups in total.